The Hall–Kier alpha value is -3.88. The fraction of sp³-hybridized carbons (Fsp3) is 0.789. The second kappa shape index (κ2) is 32.7. The van der Waals surface area contributed by atoms with Crippen LogP contribution < -0.4 is 10.6 Å². The maximum atomic E-state index is 12.4. The van der Waals surface area contributed by atoms with Gasteiger partial charge < -0.3 is 34.3 Å². The summed E-state index contributed by atoms with van der Waals surface area (Å²) < 4.78 is 25.6. The summed E-state index contributed by atoms with van der Waals surface area (Å²) in [5.74, 6) is -6.00. The van der Waals surface area contributed by atoms with Gasteiger partial charge >= 0.3 is 24.1 Å². The molecule has 0 aromatic rings. The number of esters is 2. The molecule has 0 spiro atoms. The summed E-state index contributed by atoms with van der Waals surface area (Å²) in [4.78, 5) is 95.0. The molecular weight excluding hydrogens is 692 g/mol. The number of unbranched alkanes of at least 4 members (excludes halogenated alkanes) is 10. The summed E-state index contributed by atoms with van der Waals surface area (Å²) >= 11 is 0. The van der Waals surface area contributed by atoms with Crippen molar-refractivity contribution in [3.8, 4) is 0 Å². The number of alkyl carbamates (subject to hydrolysis) is 2. The number of hydrogen-bond donors (Lipinski definition) is 2. The number of carbonyl (C=O) groups is 8. The zero-order valence-electron chi connectivity index (χ0n) is 32.4. The van der Waals surface area contributed by atoms with Gasteiger partial charge in [0.15, 0.2) is 11.6 Å². The van der Waals surface area contributed by atoms with Crippen LogP contribution in [-0.4, -0.2) is 100.0 Å². The molecule has 0 heterocycles. The molecule has 304 valence electrons. The highest BCUT2D eigenvalue weighted by molar-refractivity contribution is 6.18. The maximum absolute atomic E-state index is 12.4. The fourth-order valence-electron chi connectivity index (χ4n) is 5.27. The number of rotatable bonds is 34. The van der Waals surface area contributed by atoms with Crippen molar-refractivity contribution in [3.05, 3.63) is 0 Å². The van der Waals surface area contributed by atoms with Gasteiger partial charge in [-0.05, 0) is 79.1 Å². The van der Waals surface area contributed by atoms with Gasteiger partial charge in [-0.1, -0.05) is 38.5 Å². The molecule has 15 nitrogen and oxygen atoms in total. The predicted octanol–water partition coefficient (Wildman–Crippen LogP) is 5.37. The van der Waals surface area contributed by atoms with Crippen LogP contribution in [0.5, 0.6) is 0 Å². The molecule has 2 N–H and O–H groups in total. The standard InChI is InChI=1S/C38H64N2O13/c1-5-50-35(45)34(36(46)51-6-2)32(44)22-14-10-8-12-16-24-40-38(48)53-28-20-18-26-49-25-17-19-27-52-37(47)39-23-15-11-7-9-13-21-31(43)33(29(3)41)30(4)42/h33-34H,5-28H2,1-4H3,(H,39,47)(H,40,48). The van der Waals surface area contributed by atoms with Crippen LogP contribution in [0, 0.1) is 11.8 Å². The van der Waals surface area contributed by atoms with Gasteiger partial charge in [0.05, 0.1) is 26.4 Å². The Bertz CT molecular complexity index is 1080. The maximum Gasteiger partial charge on any atom is 0.407 e. The minimum atomic E-state index is -1.53. The molecule has 0 saturated heterocycles. The molecule has 0 unspecified atom stereocenters. The zero-order valence-corrected chi connectivity index (χ0v) is 32.4. The molecule has 0 bridgehead atoms. The highest BCUT2D eigenvalue weighted by Gasteiger charge is 2.36. The Kier molecular flexibility index (Phi) is 30.3. The molecule has 0 atom stereocenters. The molecule has 0 saturated carbocycles. The van der Waals surface area contributed by atoms with Crippen LogP contribution in [0.1, 0.15) is 130 Å². The van der Waals surface area contributed by atoms with Crippen LogP contribution in [0.25, 0.3) is 0 Å². The van der Waals surface area contributed by atoms with E-state index >= 15 is 0 Å². The summed E-state index contributed by atoms with van der Waals surface area (Å²) in [7, 11) is 0. The van der Waals surface area contributed by atoms with E-state index in [-0.39, 0.29) is 38.4 Å². The van der Waals surface area contributed by atoms with E-state index in [1.807, 2.05) is 0 Å². The first-order chi connectivity index (χ1) is 25.5. The summed E-state index contributed by atoms with van der Waals surface area (Å²) in [6, 6.07) is 0. The topological polar surface area (TPSA) is 207 Å². The molecule has 0 fully saturated rings. The fourth-order valence-corrected chi connectivity index (χ4v) is 5.27. The van der Waals surface area contributed by atoms with Gasteiger partial charge in [-0.3, -0.25) is 28.8 Å². The Morgan fingerprint density at radius 1 is 0.434 bits per heavy atom. The second-order valence-corrected chi connectivity index (χ2v) is 12.7. The Labute approximate surface area is 314 Å². The van der Waals surface area contributed by atoms with Gasteiger partial charge in [-0.25, -0.2) is 9.59 Å². The molecule has 2 amide bonds. The molecule has 53 heavy (non-hydrogen) atoms. The van der Waals surface area contributed by atoms with Crippen molar-refractivity contribution >= 4 is 47.3 Å². The van der Waals surface area contributed by atoms with E-state index < -0.39 is 53.3 Å². The molecular formula is C38H64N2O13. The SMILES string of the molecule is CCOC(=O)C(C(=O)CCCCCCCNC(=O)OCCCCOCCCCOC(=O)NCCCCCCCC(=O)C(C(C)=O)C(C)=O)C(=O)OCC. The number of ketones is 4. The lowest BCUT2D eigenvalue weighted by atomic mass is 9.92. The number of nitrogens with one attached hydrogen (secondary N) is 2. The summed E-state index contributed by atoms with van der Waals surface area (Å²) in [6.45, 7) is 8.52. The van der Waals surface area contributed by atoms with E-state index in [1.165, 1.54) is 13.8 Å². The van der Waals surface area contributed by atoms with Crippen LogP contribution in [-0.2, 0) is 52.5 Å². The van der Waals surface area contributed by atoms with Gasteiger partial charge in [-0.2, -0.15) is 0 Å². The van der Waals surface area contributed by atoms with E-state index in [4.69, 9.17) is 23.7 Å². The quantitative estimate of drug-likeness (QED) is 0.0367. The lowest BCUT2D eigenvalue weighted by Gasteiger charge is -2.13. The number of ether oxygens (including phenoxy) is 5. The smallest absolute Gasteiger partial charge is 0.407 e. The first-order valence-electron chi connectivity index (χ1n) is 19.2. The molecule has 0 aliphatic rings. The van der Waals surface area contributed by atoms with Crippen molar-refractivity contribution < 1.29 is 62.0 Å². The van der Waals surface area contributed by atoms with E-state index in [9.17, 15) is 38.4 Å². The van der Waals surface area contributed by atoms with Crippen molar-refractivity contribution in [2.45, 2.75) is 130 Å². The Balaban J connectivity index is 3.60. The lowest BCUT2D eigenvalue weighted by molar-refractivity contribution is -0.164. The van der Waals surface area contributed by atoms with E-state index in [1.54, 1.807) is 13.8 Å². The van der Waals surface area contributed by atoms with E-state index in [0.717, 1.165) is 64.2 Å². The summed E-state index contributed by atoms with van der Waals surface area (Å²) in [5, 5.41) is 5.43. The van der Waals surface area contributed by atoms with Crippen LogP contribution in [0.15, 0.2) is 0 Å². The Morgan fingerprint density at radius 3 is 1.19 bits per heavy atom. The monoisotopic (exact) mass is 756 g/mol. The van der Waals surface area contributed by atoms with Crippen LogP contribution in [0.3, 0.4) is 0 Å². The lowest BCUT2D eigenvalue weighted by Crippen LogP contribution is -2.34. The van der Waals surface area contributed by atoms with Crippen molar-refractivity contribution in [1.29, 1.82) is 0 Å². The van der Waals surface area contributed by atoms with E-state index in [0.29, 0.717) is 58.6 Å². The molecule has 0 aliphatic carbocycles. The minimum Gasteiger partial charge on any atom is -0.465 e. The second-order valence-electron chi connectivity index (χ2n) is 12.7. The van der Waals surface area contributed by atoms with E-state index in [2.05, 4.69) is 10.6 Å². The van der Waals surface area contributed by atoms with Gasteiger partial charge in [0.2, 0.25) is 5.92 Å². The number of amides is 2. The van der Waals surface area contributed by atoms with Crippen LogP contribution in [0.2, 0.25) is 0 Å². The number of hydrogen-bond acceptors (Lipinski definition) is 13. The highest BCUT2D eigenvalue weighted by atomic mass is 16.6. The predicted molar refractivity (Wildman–Crippen MR) is 195 cm³/mol. The van der Waals surface area contributed by atoms with Crippen LogP contribution >= 0.6 is 0 Å². The van der Waals surface area contributed by atoms with Gasteiger partial charge in [0, 0.05) is 39.1 Å². The van der Waals surface area contributed by atoms with Gasteiger partial charge in [0.25, 0.3) is 0 Å². The third-order valence-electron chi connectivity index (χ3n) is 8.07. The van der Waals surface area contributed by atoms with Crippen molar-refractivity contribution in [2.24, 2.45) is 11.8 Å². The molecule has 15 heteroatoms. The summed E-state index contributed by atoms with van der Waals surface area (Å²) in [5.41, 5.74) is 0. The third kappa shape index (κ3) is 26.5. The zero-order chi connectivity index (χ0) is 39.7. The third-order valence-corrected chi connectivity index (χ3v) is 8.07. The minimum absolute atomic E-state index is 0.0706. The molecule has 0 aromatic heterocycles. The largest absolute Gasteiger partial charge is 0.465 e. The first kappa shape index (κ1) is 49.1. The number of carbonyl (C=O) groups excluding carboxylic acids is 8. The average molecular weight is 757 g/mol. The average Bonchev–Trinajstić information content (AvgIpc) is 3.09. The normalized spacial score (nSPS) is 10.8. The van der Waals surface area contributed by atoms with Gasteiger partial charge in [-0.15, -0.1) is 0 Å². The number of Topliss-reactive ketones (excluding diaryl/α,β-unsaturated/α-hetero) is 4. The molecule has 0 rings (SSSR count). The van der Waals surface area contributed by atoms with Crippen molar-refractivity contribution in [2.75, 3.05) is 52.7 Å². The molecule has 0 radical (unpaired) electrons. The summed E-state index contributed by atoms with van der Waals surface area (Å²) in [6.07, 6.45) is 9.95. The van der Waals surface area contributed by atoms with Gasteiger partial charge in [0.1, 0.15) is 17.5 Å². The first-order valence-corrected chi connectivity index (χ1v) is 19.2. The van der Waals surface area contributed by atoms with Crippen molar-refractivity contribution in [3.63, 3.8) is 0 Å². The Morgan fingerprint density at radius 2 is 0.792 bits per heavy atom. The highest BCUT2D eigenvalue weighted by Crippen LogP contribution is 2.14. The molecule has 0 aromatic carbocycles. The van der Waals surface area contributed by atoms with Crippen molar-refractivity contribution in [1.82, 2.24) is 10.6 Å². The van der Waals surface area contributed by atoms with Crippen LogP contribution in [0.4, 0.5) is 9.59 Å². The molecule has 0 aliphatic heterocycles.